The van der Waals surface area contributed by atoms with Crippen LogP contribution in [0.5, 0.6) is 5.75 Å². The second kappa shape index (κ2) is 8.00. The summed E-state index contributed by atoms with van der Waals surface area (Å²) in [7, 11) is 1.73. The Hall–Kier alpha value is -2.29. The van der Waals surface area contributed by atoms with Gasteiger partial charge in [-0.25, -0.2) is 0 Å². The number of ketones is 1. The number of carbonyl (C=O) groups excluding carboxylic acids is 1. The van der Waals surface area contributed by atoms with Crippen molar-refractivity contribution in [2.75, 3.05) is 7.11 Å². The predicted molar refractivity (Wildman–Crippen MR) is 123 cm³/mol. The molecule has 1 aromatic carbocycles. The van der Waals surface area contributed by atoms with Gasteiger partial charge >= 0.3 is 0 Å². The summed E-state index contributed by atoms with van der Waals surface area (Å²) in [6.07, 6.45) is 16.7. The number of fused-ring (bicyclic) bond motifs is 5. The lowest BCUT2D eigenvalue weighted by atomic mass is 9.54. The second-order valence-corrected chi connectivity index (χ2v) is 10.3. The van der Waals surface area contributed by atoms with Gasteiger partial charge in [-0.05, 0) is 97.1 Å². The molecule has 0 spiro atoms. The van der Waals surface area contributed by atoms with Crippen molar-refractivity contribution in [3.8, 4) is 5.75 Å². The standard InChI is InChI=1S/C28H34O3/c1-28-15-14-24-23-13-10-21(29)16-19(23)9-12-25(24)27(28)20(17-26(28)30)8-6-18-4-3-5-22(31-2)11-7-18/h3-4,7,10-11,13,16,20,24-25,27,29H,5-6,8-9,12,14-15,17H2,1-2H3/t20-,24-,25-,27+,28-/m1/s1. The summed E-state index contributed by atoms with van der Waals surface area (Å²) in [5, 5.41) is 9.93. The van der Waals surface area contributed by atoms with Crippen LogP contribution in [0, 0.1) is 23.2 Å². The number of phenols is 1. The SMILES string of the molecule is COC1=CC=C(CC[C@@H]2CC(=O)[C@@]3(C)CC[C@@H]4c5ccc(O)cc5CC[C@H]4[C@H]23)C=CC1. The van der Waals surface area contributed by atoms with Gasteiger partial charge in [-0.1, -0.05) is 31.2 Å². The third-order valence-electron chi connectivity index (χ3n) is 8.75. The molecule has 0 radical (unpaired) electrons. The number of aromatic hydroxyl groups is 1. The Morgan fingerprint density at radius 3 is 2.94 bits per heavy atom. The molecule has 4 aliphatic carbocycles. The molecule has 1 N–H and O–H groups in total. The van der Waals surface area contributed by atoms with Crippen LogP contribution >= 0.6 is 0 Å². The van der Waals surface area contributed by atoms with Gasteiger partial charge in [-0.3, -0.25) is 4.79 Å². The highest BCUT2D eigenvalue weighted by Gasteiger charge is 2.58. The van der Waals surface area contributed by atoms with Crippen molar-refractivity contribution in [2.45, 2.75) is 64.2 Å². The molecule has 2 saturated carbocycles. The Labute approximate surface area is 185 Å². The van der Waals surface area contributed by atoms with Gasteiger partial charge in [-0.2, -0.15) is 0 Å². The van der Waals surface area contributed by atoms with Gasteiger partial charge in [0.05, 0.1) is 12.9 Å². The molecule has 5 rings (SSSR count). The highest BCUT2D eigenvalue weighted by Crippen LogP contribution is 2.62. The van der Waals surface area contributed by atoms with Crippen molar-refractivity contribution in [1.29, 1.82) is 0 Å². The second-order valence-electron chi connectivity index (χ2n) is 10.3. The Balaban J connectivity index is 1.38. The van der Waals surface area contributed by atoms with Crippen LogP contribution in [0.4, 0.5) is 0 Å². The van der Waals surface area contributed by atoms with E-state index in [2.05, 4.69) is 37.3 Å². The fourth-order valence-electron chi connectivity index (χ4n) is 7.21. The lowest BCUT2D eigenvalue weighted by Crippen LogP contribution is -2.44. The molecule has 0 aliphatic heterocycles. The summed E-state index contributed by atoms with van der Waals surface area (Å²) in [5.74, 6) is 3.97. The molecule has 3 nitrogen and oxygen atoms in total. The zero-order valence-electron chi connectivity index (χ0n) is 18.8. The fraction of sp³-hybridized carbons (Fsp3) is 0.536. The molecule has 4 aliphatic rings. The Morgan fingerprint density at radius 1 is 1.23 bits per heavy atom. The Morgan fingerprint density at radius 2 is 2.10 bits per heavy atom. The number of hydrogen-bond donors (Lipinski definition) is 1. The van der Waals surface area contributed by atoms with E-state index in [-0.39, 0.29) is 5.41 Å². The molecule has 0 heterocycles. The Kier molecular flexibility index (Phi) is 5.32. The van der Waals surface area contributed by atoms with Crippen molar-refractivity contribution >= 4 is 5.78 Å². The first-order valence-electron chi connectivity index (χ1n) is 11.9. The van der Waals surface area contributed by atoms with E-state index in [0.717, 1.165) is 57.1 Å². The van der Waals surface area contributed by atoms with Crippen molar-refractivity contribution in [3.63, 3.8) is 0 Å². The van der Waals surface area contributed by atoms with Crippen LogP contribution in [0.1, 0.15) is 68.9 Å². The number of Topliss-reactive ketones (excluding diaryl/α,β-unsaturated/α-hetero) is 1. The first kappa shape index (κ1) is 20.6. The van der Waals surface area contributed by atoms with E-state index < -0.39 is 0 Å². The van der Waals surface area contributed by atoms with Gasteiger partial charge in [0.1, 0.15) is 11.5 Å². The topological polar surface area (TPSA) is 46.5 Å². The maximum absolute atomic E-state index is 13.2. The lowest BCUT2D eigenvalue weighted by molar-refractivity contribution is -0.129. The van der Waals surface area contributed by atoms with Gasteiger partial charge in [0.2, 0.25) is 0 Å². The largest absolute Gasteiger partial charge is 0.508 e. The molecular weight excluding hydrogens is 384 g/mol. The van der Waals surface area contributed by atoms with Crippen molar-refractivity contribution in [1.82, 2.24) is 0 Å². The number of aryl methyl sites for hydroxylation is 1. The molecular formula is C28H34O3. The van der Waals surface area contributed by atoms with Gasteiger partial charge in [-0.15, -0.1) is 0 Å². The van der Waals surface area contributed by atoms with Crippen LogP contribution in [0.2, 0.25) is 0 Å². The molecule has 2 fully saturated rings. The van der Waals surface area contributed by atoms with Crippen molar-refractivity contribution < 1.29 is 14.6 Å². The number of benzene rings is 1. The molecule has 0 unspecified atom stereocenters. The average Bonchev–Trinajstić information content (AvgIpc) is 2.91. The van der Waals surface area contributed by atoms with E-state index in [4.69, 9.17) is 4.74 Å². The van der Waals surface area contributed by atoms with Crippen LogP contribution in [0.15, 0.2) is 53.8 Å². The molecule has 1 aromatic rings. The van der Waals surface area contributed by atoms with E-state index in [1.165, 1.54) is 16.7 Å². The minimum atomic E-state index is -0.142. The maximum atomic E-state index is 13.2. The zero-order chi connectivity index (χ0) is 21.6. The molecule has 164 valence electrons. The van der Waals surface area contributed by atoms with Crippen LogP contribution in [-0.4, -0.2) is 18.0 Å². The minimum absolute atomic E-state index is 0.142. The predicted octanol–water partition coefficient (Wildman–Crippen LogP) is 6.24. The zero-order valence-corrected chi connectivity index (χ0v) is 18.8. The quantitative estimate of drug-likeness (QED) is 0.629. The van der Waals surface area contributed by atoms with Crippen LogP contribution in [0.3, 0.4) is 0 Å². The smallest absolute Gasteiger partial charge is 0.139 e. The highest BCUT2D eigenvalue weighted by molar-refractivity contribution is 5.87. The van der Waals surface area contributed by atoms with Crippen molar-refractivity contribution in [2.24, 2.45) is 23.2 Å². The molecule has 5 atom stereocenters. The van der Waals surface area contributed by atoms with E-state index in [1.54, 1.807) is 7.11 Å². The maximum Gasteiger partial charge on any atom is 0.139 e. The molecule has 0 amide bonds. The molecule has 0 saturated heterocycles. The third-order valence-corrected chi connectivity index (χ3v) is 8.75. The summed E-state index contributed by atoms with van der Waals surface area (Å²) in [4.78, 5) is 13.2. The molecule has 0 bridgehead atoms. The summed E-state index contributed by atoms with van der Waals surface area (Å²) in [6, 6.07) is 5.96. The minimum Gasteiger partial charge on any atom is -0.508 e. The number of allylic oxidation sites excluding steroid dienone is 5. The molecule has 0 aromatic heterocycles. The summed E-state index contributed by atoms with van der Waals surface area (Å²) < 4.78 is 5.40. The summed E-state index contributed by atoms with van der Waals surface area (Å²) in [6.45, 7) is 2.26. The van der Waals surface area contributed by atoms with Crippen LogP contribution in [-0.2, 0) is 16.0 Å². The lowest BCUT2D eigenvalue weighted by Gasteiger charge is -2.50. The Bertz CT molecular complexity index is 968. The average molecular weight is 419 g/mol. The first-order chi connectivity index (χ1) is 15.0. The fourth-order valence-corrected chi connectivity index (χ4v) is 7.21. The van der Waals surface area contributed by atoms with E-state index >= 15 is 0 Å². The number of carbonyl (C=O) groups is 1. The number of phenolic OH excluding ortho intramolecular Hbond substituents is 1. The monoisotopic (exact) mass is 418 g/mol. The van der Waals surface area contributed by atoms with Gasteiger partial charge < -0.3 is 9.84 Å². The van der Waals surface area contributed by atoms with E-state index in [1.807, 2.05) is 12.1 Å². The number of ether oxygens (including phenoxy) is 1. The summed E-state index contributed by atoms with van der Waals surface area (Å²) in [5.41, 5.74) is 3.95. The van der Waals surface area contributed by atoms with Gasteiger partial charge in [0, 0.05) is 18.3 Å². The van der Waals surface area contributed by atoms with E-state index in [9.17, 15) is 9.90 Å². The first-order valence-corrected chi connectivity index (χ1v) is 11.9. The number of hydrogen-bond acceptors (Lipinski definition) is 3. The summed E-state index contributed by atoms with van der Waals surface area (Å²) >= 11 is 0. The van der Waals surface area contributed by atoms with Crippen molar-refractivity contribution in [3.05, 3.63) is 65.0 Å². The highest BCUT2D eigenvalue weighted by atomic mass is 16.5. The van der Waals surface area contributed by atoms with Gasteiger partial charge in [0.15, 0.2) is 0 Å². The molecule has 31 heavy (non-hydrogen) atoms. The van der Waals surface area contributed by atoms with Crippen LogP contribution < -0.4 is 0 Å². The van der Waals surface area contributed by atoms with E-state index in [0.29, 0.717) is 35.2 Å². The van der Waals surface area contributed by atoms with Crippen LogP contribution in [0.25, 0.3) is 0 Å². The number of methoxy groups -OCH3 is 1. The third kappa shape index (κ3) is 3.56. The van der Waals surface area contributed by atoms with Gasteiger partial charge in [0.25, 0.3) is 0 Å². The normalized spacial score (nSPS) is 34.2. The molecule has 3 heteroatoms. The number of rotatable bonds is 4.